The topological polar surface area (TPSA) is 63.6 Å². The van der Waals surface area contributed by atoms with Gasteiger partial charge < -0.3 is 0 Å². The molecule has 0 aliphatic carbocycles. The number of hydrogen-bond acceptors (Lipinski definition) is 3. The Morgan fingerprint density at radius 1 is 1.46 bits per heavy atom. The van der Waals surface area contributed by atoms with Crippen LogP contribution in [0.4, 0.5) is 0 Å². The highest BCUT2D eigenvalue weighted by molar-refractivity contribution is 7.32. The van der Waals surface area contributed by atoms with E-state index in [4.69, 9.17) is 4.89 Å². The van der Waals surface area contributed by atoms with Crippen LogP contribution < -0.4 is 0 Å². The molecule has 13 heavy (non-hydrogen) atoms. The van der Waals surface area contributed by atoms with Gasteiger partial charge in [0.2, 0.25) is 0 Å². The van der Waals surface area contributed by atoms with Crippen LogP contribution in [0, 0.1) is 0 Å². The van der Waals surface area contributed by atoms with Gasteiger partial charge in [-0.3, -0.25) is 0 Å². The van der Waals surface area contributed by atoms with E-state index in [-0.39, 0.29) is 5.57 Å². The highest BCUT2D eigenvalue weighted by atomic mass is 31.1. The maximum atomic E-state index is 10.3. The quantitative estimate of drug-likeness (QED) is 0.570. The van der Waals surface area contributed by atoms with Crippen molar-refractivity contribution in [1.82, 2.24) is 0 Å². The molecule has 0 heterocycles. The van der Waals surface area contributed by atoms with Gasteiger partial charge in [0.05, 0.1) is 0 Å². The molecule has 1 atom stereocenters. The molecule has 0 aliphatic heterocycles. The second-order valence-electron chi connectivity index (χ2n) is 2.40. The van der Waals surface area contributed by atoms with Crippen LogP contribution in [-0.2, 0) is 13.9 Å². The van der Waals surface area contributed by atoms with Crippen LogP contribution in [0.3, 0.4) is 0 Å². The Balaban J connectivity index is 0. The Labute approximate surface area is 79.6 Å². The Morgan fingerprint density at radius 3 is 1.92 bits per heavy atom. The van der Waals surface area contributed by atoms with Crippen molar-refractivity contribution in [2.45, 2.75) is 33.6 Å². The van der Waals surface area contributed by atoms with Gasteiger partial charge in [0.15, 0.2) is 0 Å². The average molecular weight is 207 g/mol. The summed E-state index contributed by atoms with van der Waals surface area (Å²) in [6, 6.07) is 0. The molecule has 5 heteroatoms. The van der Waals surface area contributed by atoms with Crippen LogP contribution in [-0.4, -0.2) is 10.9 Å². The average Bonchev–Trinajstić information content (AvgIpc) is 2.03. The van der Waals surface area contributed by atoms with Crippen LogP contribution in [0.15, 0.2) is 12.2 Å². The zero-order valence-electron chi connectivity index (χ0n) is 8.24. The zero-order valence-corrected chi connectivity index (χ0v) is 9.13. The summed E-state index contributed by atoms with van der Waals surface area (Å²) >= 11 is 0. The molecule has 76 valence electrons. The summed E-state index contributed by atoms with van der Waals surface area (Å²) in [5, 5.41) is 0. The first-order chi connectivity index (χ1) is 5.95. The van der Waals surface area contributed by atoms with Crippen molar-refractivity contribution in [2.24, 2.45) is 0 Å². The van der Waals surface area contributed by atoms with Crippen molar-refractivity contribution >= 4 is 14.2 Å². The van der Waals surface area contributed by atoms with Crippen molar-refractivity contribution in [3.8, 4) is 0 Å². The van der Waals surface area contributed by atoms with Gasteiger partial charge in [0.25, 0.3) is 0 Å². The van der Waals surface area contributed by atoms with Gasteiger partial charge in [0.1, 0.15) is 0 Å². The van der Waals surface area contributed by atoms with Gasteiger partial charge >= 0.3 is 14.2 Å². The van der Waals surface area contributed by atoms with Gasteiger partial charge in [-0.05, 0) is 6.92 Å². The number of hydrogen-bond donors (Lipinski definition) is 1. The molecule has 0 rings (SSSR count). The van der Waals surface area contributed by atoms with Crippen molar-refractivity contribution < 1.29 is 18.8 Å². The summed E-state index contributed by atoms with van der Waals surface area (Å²) in [6.07, 6.45) is 2.64. The Morgan fingerprint density at radius 2 is 1.85 bits per heavy atom. The van der Waals surface area contributed by atoms with Crippen LogP contribution in [0.5, 0.6) is 0 Å². The van der Waals surface area contributed by atoms with E-state index in [9.17, 15) is 9.36 Å². The predicted molar refractivity (Wildman–Crippen MR) is 51.3 cm³/mol. The normalized spacial score (nSPS) is 9.38. The van der Waals surface area contributed by atoms with Crippen molar-refractivity contribution in [3.63, 3.8) is 0 Å². The maximum Gasteiger partial charge on any atom is 0.750 e. The van der Waals surface area contributed by atoms with Crippen LogP contribution in [0.25, 0.3) is 0 Å². The van der Waals surface area contributed by atoms with Gasteiger partial charge in [-0.15, -0.1) is 4.89 Å². The number of rotatable bonds is 3. The molecule has 0 aromatic rings. The van der Waals surface area contributed by atoms with E-state index in [0.29, 0.717) is 0 Å². The van der Waals surface area contributed by atoms with E-state index in [1.165, 1.54) is 19.8 Å². The monoisotopic (exact) mass is 207 g/mol. The first-order valence-corrected chi connectivity index (χ1v) is 5.12. The molecule has 4 nitrogen and oxygen atoms in total. The fourth-order valence-electron chi connectivity index (χ4n) is 0.149. The fraction of sp³-hybridized carbons (Fsp3) is 0.625. The van der Waals surface area contributed by atoms with Gasteiger partial charge in [-0.2, -0.15) is 4.52 Å². The first kappa shape index (κ1) is 14.8. The highest BCUT2D eigenvalue weighted by Crippen LogP contribution is 2.16. The second-order valence-corrected chi connectivity index (χ2v) is 3.06. The summed E-state index contributed by atoms with van der Waals surface area (Å²) in [5.74, 6) is -0.849. The lowest BCUT2D eigenvalue weighted by Gasteiger charge is -1.83. The lowest BCUT2D eigenvalue weighted by atomic mass is 10.4. The van der Waals surface area contributed by atoms with Gasteiger partial charge in [0, 0.05) is 10.1 Å². The molecular weight excluding hydrogens is 191 g/mol. The minimum Gasteiger partial charge on any atom is -0.241 e. The van der Waals surface area contributed by atoms with Crippen LogP contribution in [0.1, 0.15) is 33.6 Å². The molecule has 0 saturated heterocycles. The fourth-order valence-corrected chi connectivity index (χ4v) is 0.447. The molecule has 0 fully saturated rings. The molecule has 0 aromatic carbocycles. The van der Waals surface area contributed by atoms with Crippen molar-refractivity contribution in [3.05, 3.63) is 12.2 Å². The summed E-state index contributed by atoms with van der Waals surface area (Å²) in [5.41, 5.74) is 0.104. The maximum absolute atomic E-state index is 10.3. The molecular formula is C8H16O4P+. The van der Waals surface area contributed by atoms with E-state index in [2.05, 4.69) is 25.0 Å². The lowest BCUT2D eigenvalue weighted by molar-refractivity contribution is -0.130. The molecule has 0 bridgehead atoms. The molecule has 0 radical (unpaired) electrons. The molecule has 1 unspecified atom stereocenters. The highest BCUT2D eigenvalue weighted by Gasteiger charge is 2.19. The smallest absolute Gasteiger partial charge is 0.241 e. The van der Waals surface area contributed by atoms with Crippen LogP contribution in [0.2, 0.25) is 0 Å². The lowest BCUT2D eigenvalue weighted by Crippen LogP contribution is -1.97. The third-order valence-corrected chi connectivity index (χ3v) is 1.33. The molecule has 1 N–H and O–H groups in total. The predicted octanol–water partition coefficient (Wildman–Crippen LogP) is 2.56. The number of unbranched alkanes of at least 4 members (excludes halogenated alkanes) is 1. The molecule has 0 spiro atoms. The Kier molecular flexibility index (Phi) is 10.6. The molecule has 0 amide bonds. The molecule has 0 aromatic heterocycles. The standard InChI is InChI=1S/C4H5O4P.C4H10/c1-3(2)4(5)8-9(6)7;1-3-4-2/h1H2,2H3;3-4H2,1-2H3/p+1. The summed E-state index contributed by atoms with van der Waals surface area (Å²) in [4.78, 5) is 18.3. The van der Waals surface area contributed by atoms with E-state index in [0.717, 1.165) is 0 Å². The Hall–Kier alpha value is -0.730. The number of carbonyl (C=O) groups is 1. The van der Waals surface area contributed by atoms with Crippen LogP contribution >= 0.6 is 8.25 Å². The zero-order chi connectivity index (χ0) is 10.9. The third-order valence-electron chi connectivity index (χ3n) is 1.01. The minimum absolute atomic E-state index is 0.104. The Bertz CT molecular complexity index is 187. The largest absolute Gasteiger partial charge is 0.750 e. The third kappa shape index (κ3) is 14.2. The first-order valence-electron chi connectivity index (χ1n) is 3.99. The minimum atomic E-state index is -2.83. The summed E-state index contributed by atoms with van der Waals surface area (Å²) < 4.78 is 13.6. The van der Waals surface area contributed by atoms with E-state index in [1.54, 1.807) is 0 Å². The van der Waals surface area contributed by atoms with E-state index < -0.39 is 14.2 Å². The number of carbonyl (C=O) groups excluding carboxylic acids is 1. The van der Waals surface area contributed by atoms with Gasteiger partial charge in [-0.25, -0.2) is 4.79 Å². The summed E-state index contributed by atoms with van der Waals surface area (Å²) in [7, 11) is -2.83. The molecule has 0 aliphatic rings. The van der Waals surface area contributed by atoms with E-state index in [1.807, 2.05) is 0 Å². The summed E-state index contributed by atoms with van der Waals surface area (Å²) in [6.45, 7) is 8.95. The SMILES string of the molecule is C=C(C)C(=O)O[P+](=O)O.CCCC. The second kappa shape index (κ2) is 9.36. The van der Waals surface area contributed by atoms with Crippen molar-refractivity contribution in [2.75, 3.05) is 0 Å². The van der Waals surface area contributed by atoms with E-state index >= 15 is 0 Å². The molecule has 0 saturated carbocycles. The van der Waals surface area contributed by atoms with Gasteiger partial charge in [-0.1, -0.05) is 33.3 Å². The van der Waals surface area contributed by atoms with Crippen molar-refractivity contribution in [1.29, 1.82) is 0 Å².